The summed E-state index contributed by atoms with van der Waals surface area (Å²) >= 11 is 3.21. The summed E-state index contributed by atoms with van der Waals surface area (Å²) < 4.78 is 24.7. The van der Waals surface area contributed by atoms with E-state index in [4.69, 9.17) is 0 Å². The summed E-state index contributed by atoms with van der Waals surface area (Å²) in [7, 11) is -3.82. The predicted molar refractivity (Wildman–Crippen MR) is 85.2 cm³/mol. The highest BCUT2D eigenvalue weighted by atomic mass is 79.9. The van der Waals surface area contributed by atoms with Gasteiger partial charge in [-0.1, -0.05) is 28.1 Å². The maximum Gasteiger partial charge on any atom is 0.278 e. The summed E-state index contributed by atoms with van der Waals surface area (Å²) in [5.41, 5.74) is 0.0418. The second-order valence-corrected chi connectivity index (χ2v) is 6.70. The Morgan fingerprint density at radius 2 is 1.77 bits per heavy atom. The normalized spacial score (nSPS) is 11.5. The number of hydrogen-bond acceptors (Lipinski definition) is 5. The zero-order chi connectivity index (χ0) is 16.2. The highest BCUT2D eigenvalue weighted by Crippen LogP contribution is 2.16. The van der Waals surface area contributed by atoms with E-state index in [1.54, 1.807) is 18.2 Å². The molecule has 0 spiro atoms. The lowest BCUT2D eigenvalue weighted by molar-refractivity contribution is -0.385. The molecule has 0 fully saturated rings. The van der Waals surface area contributed by atoms with Gasteiger partial charge in [-0.2, -0.15) is 13.5 Å². The zero-order valence-corrected chi connectivity index (χ0v) is 13.4. The molecule has 0 amide bonds. The minimum atomic E-state index is -3.82. The molecule has 0 bridgehead atoms. The molecule has 2 aromatic carbocycles. The molecule has 9 heteroatoms. The van der Waals surface area contributed by atoms with Gasteiger partial charge in [0.05, 0.1) is 21.6 Å². The highest BCUT2D eigenvalue weighted by molar-refractivity contribution is 9.10. The van der Waals surface area contributed by atoms with Crippen molar-refractivity contribution < 1.29 is 13.3 Å². The van der Waals surface area contributed by atoms with Crippen LogP contribution in [0, 0.1) is 10.1 Å². The Morgan fingerprint density at radius 3 is 2.41 bits per heavy atom. The highest BCUT2D eigenvalue weighted by Gasteiger charge is 2.13. The molecule has 7 nitrogen and oxygen atoms in total. The van der Waals surface area contributed by atoms with Gasteiger partial charge in [-0.05, 0) is 30.3 Å². The van der Waals surface area contributed by atoms with E-state index in [9.17, 15) is 18.5 Å². The van der Waals surface area contributed by atoms with Gasteiger partial charge in [0.2, 0.25) is 0 Å². The number of benzene rings is 2. The van der Waals surface area contributed by atoms with Crippen LogP contribution in [0.4, 0.5) is 5.69 Å². The molecule has 0 saturated carbocycles. The van der Waals surface area contributed by atoms with Crippen LogP contribution >= 0.6 is 15.9 Å². The first kappa shape index (κ1) is 16.1. The van der Waals surface area contributed by atoms with E-state index >= 15 is 0 Å². The lowest BCUT2D eigenvalue weighted by Crippen LogP contribution is -2.18. The molecule has 0 aromatic heterocycles. The number of nitro groups is 1. The quantitative estimate of drug-likeness (QED) is 0.486. The van der Waals surface area contributed by atoms with Gasteiger partial charge >= 0.3 is 0 Å². The molecule has 2 rings (SSSR count). The minimum absolute atomic E-state index is 0.0374. The maximum atomic E-state index is 12.0. The zero-order valence-electron chi connectivity index (χ0n) is 11.0. The Kier molecular flexibility index (Phi) is 4.88. The Bertz CT molecular complexity index is 819. The fourth-order valence-corrected chi connectivity index (χ4v) is 2.65. The number of hydrazone groups is 1. The molecule has 0 radical (unpaired) electrons. The molecule has 0 atom stereocenters. The number of nitrogens with one attached hydrogen (secondary N) is 1. The standard InChI is InChI=1S/C13H10BrN3O4S/c14-11-5-7-12(8-6-11)22(20,21)16-15-9-10-3-1-2-4-13(10)17(18)19/h1-9,16H. The average Bonchev–Trinajstić information content (AvgIpc) is 2.48. The van der Waals surface area contributed by atoms with Crippen LogP contribution in [0.3, 0.4) is 0 Å². The van der Waals surface area contributed by atoms with Crippen LogP contribution in [-0.2, 0) is 10.0 Å². The van der Waals surface area contributed by atoms with Gasteiger partial charge in [0.1, 0.15) is 0 Å². The second-order valence-electron chi connectivity index (χ2n) is 4.12. The number of nitro benzene ring substituents is 1. The number of halogens is 1. The molecule has 114 valence electrons. The van der Waals surface area contributed by atoms with Crippen molar-refractivity contribution in [1.29, 1.82) is 0 Å². The maximum absolute atomic E-state index is 12.0. The summed E-state index contributed by atoms with van der Waals surface area (Å²) in [4.78, 5) is 12.3. The van der Waals surface area contributed by atoms with Crippen molar-refractivity contribution in [2.75, 3.05) is 0 Å². The largest absolute Gasteiger partial charge is 0.278 e. The Balaban J connectivity index is 2.19. The molecule has 0 aliphatic carbocycles. The third-order valence-electron chi connectivity index (χ3n) is 2.63. The number of rotatable bonds is 5. The first-order chi connectivity index (χ1) is 10.4. The van der Waals surface area contributed by atoms with Crippen LogP contribution in [0.2, 0.25) is 0 Å². The van der Waals surface area contributed by atoms with Crippen LogP contribution in [-0.4, -0.2) is 19.6 Å². The lowest BCUT2D eigenvalue weighted by atomic mass is 10.2. The van der Waals surface area contributed by atoms with E-state index < -0.39 is 14.9 Å². The van der Waals surface area contributed by atoms with Crippen LogP contribution in [0.15, 0.2) is 63.0 Å². The Morgan fingerprint density at radius 1 is 1.14 bits per heavy atom. The molecule has 22 heavy (non-hydrogen) atoms. The van der Waals surface area contributed by atoms with E-state index in [-0.39, 0.29) is 16.1 Å². The number of sulfonamides is 1. The lowest BCUT2D eigenvalue weighted by Gasteiger charge is -2.03. The fourth-order valence-electron chi connectivity index (χ4n) is 1.59. The summed E-state index contributed by atoms with van der Waals surface area (Å²) in [6, 6.07) is 11.9. The van der Waals surface area contributed by atoms with E-state index in [2.05, 4.69) is 21.0 Å². The van der Waals surface area contributed by atoms with Crippen molar-refractivity contribution in [3.8, 4) is 0 Å². The van der Waals surface area contributed by atoms with Crippen molar-refractivity contribution in [1.82, 2.24) is 4.83 Å². The van der Waals surface area contributed by atoms with Gasteiger partial charge in [0, 0.05) is 10.5 Å². The summed E-state index contributed by atoms with van der Waals surface area (Å²) in [5.74, 6) is 0. The van der Waals surface area contributed by atoms with E-state index in [1.807, 2.05) is 4.83 Å². The topological polar surface area (TPSA) is 102 Å². The van der Waals surface area contributed by atoms with Crippen molar-refractivity contribution in [3.05, 3.63) is 68.7 Å². The summed E-state index contributed by atoms with van der Waals surface area (Å²) in [6.07, 6.45) is 1.09. The van der Waals surface area contributed by atoms with Crippen molar-refractivity contribution in [2.45, 2.75) is 4.90 Å². The average molecular weight is 384 g/mol. The number of hydrogen-bond donors (Lipinski definition) is 1. The minimum Gasteiger partial charge on any atom is -0.258 e. The third-order valence-corrected chi connectivity index (χ3v) is 4.40. The van der Waals surface area contributed by atoms with Crippen LogP contribution in [0.25, 0.3) is 0 Å². The molecule has 0 aliphatic heterocycles. The number of nitrogens with zero attached hydrogens (tertiary/aromatic N) is 2. The molecule has 1 N–H and O–H groups in total. The van der Waals surface area contributed by atoms with Crippen LogP contribution < -0.4 is 4.83 Å². The summed E-state index contributed by atoms with van der Waals surface area (Å²) in [6.45, 7) is 0. The molecule has 0 unspecified atom stereocenters. The molecule has 0 aliphatic rings. The van der Waals surface area contributed by atoms with E-state index in [1.165, 1.54) is 30.3 Å². The van der Waals surface area contributed by atoms with Gasteiger partial charge in [-0.25, -0.2) is 4.83 Å². The van der Waals surface area contributed by atoms with Gasteiger partial charge in [0.15, 0.2) is 0 Å². The second kappa shape index (κ2) is 6.67. The van der Waals surface area contributed by atoms with E-state index in [0.717, 1.165) is 10.7 Å². The first-order valence-electron chi connectivity index (χ1n) is 5.94. The van der Waals surface area contributed by atoms with Crippen molar-refractivity contribution >= 4 is 37.9 Å². The van der Waals surface area contributed by atoms with Gasteiger partial charge in [0.25, 0.3) is 15.7 Å². The monoisotopic (exact) mass is 383 g/mol. The Labute approximate surface area is 135 Å². The van der Waals surface area contributed by atoms with Crippen molar-refractivity contribution in [3.63, 3.8) is 0 Å². The molecule has 0 saturated heterocycles. The molecular weight excluding hydrogens is 374 g/mol. The summed E-state index contributed by atoms with van der Waals surface area (Å²) in [5, 5.41) is 14.4. The smallest absolute Gasteiger partial charge is 0.258 e. The van der Waals surface area contributed by atoms with Gasteiger partial charge < -0.3 is 0 Å². The van der Waals surface area contributed by atoms with Crippen LogP contribution in [0.1, 0.15) is 5.56 Å². The fraction of sp³-hybridized carbons (Fsp3) is 0. The predicted octanol–water partition coefficient (Wildman–Crippen LogP) is 2.67. The molecule has 0 heterocycles. The molecular formula is C13H10BrN3O4S. The van der Waals surface area contributed by atoms with Gasteiger partial charge in [-0.15, -0.1) is 0 Å². The SMILES string of the molecule is O=[N+]([O-])c1ccccc1C=NNS(=O)(=O)c1ccc(Br)cc1. The van der Waals surface area contributed by atoms with Crippen molar-refractivity contribution in [2.24, 2.45) is 5.10 Å². The first-order valence-corrected chi connectivity index (χ1v) is 8.21. The number of para-hydroxylation sites is 1. The van der Waals surface area contributed by atoms with Crippen LogP contribution in [0.5, 0.6) is 0 Å². The van der Waals surface area contributed by atoms with Gasteiger partial charge in [-0.3, -0.25) is 10.1 Å². The van der Waals surface area contributed by atoms with E-state index in [0.29, 0.717) is 0 Å². The Hall–Kier alpha value is -2.26. The molecule has 2 aromatic rings. The third kappa shape index (κ3) is 3.89.